The van der Waals surface area contributed by atoms with Crippen LogP contribution in [-0.2, 0) is 14.4 Å². The van der Waals surface area contributed by atoms with Gasteiger partial charge in [0.25, 0.3) is 5.91 Å². The van der Waals surface area contributed by atoms with E-state index in [-0.39, 0.29) is 24.5 Å². The molecule has 7 heteroatoms. The van der Waals surface area contributed by atoms with Gasteiger partial charge in [0.05, 0.1) is 0 Å². The lowest BCUT2D eigenvalue weighted by Gasteiger charge is -2.15. The number of carbonyl (C=O) groups excluding carboxylic acids is 2. The van der Waals surface area contributed by atoms with Crippen LogP contribution in [0.5, 0.6) is 0 Å². The summed E-state index contributed by atoms with van der Waals surface area (Å²) in [5.41, 5.74) is 2.33. The molecule has 16 heavy (non-hydrogen) atoms. The van der Waals surface area contributed by atoms with Crippen molar-refractivity contribution >= 4 is 23.5 Å². The second-order valence-corrected chi connectivity index (χ2v) is 3.37. The van der Waals surface area contributed by atoms with Gasteiger partial charge >= 0.3 is 5.97 Å². The van der Waals surface area contributed by atoms with Gasteiger partial charge in [-0.15, -0.1) is 0 Å². The van der Waals surface area contributed by atoms with E-state index in [0.29, 0.717) is 6.42 Å². The fourth-order valence-electron chi connectivity index (χ4n) is 1.22. The van der Waals surface area contributed by atoms with Gasteiger partial charge in [-0.25, -0.2) is 10.2 Å². The van der Waals surface area contributed by atoms with E-state index in [1.54, 1.807) is 6.92 Å². The SMILES string of the molecule is CCC(NC(=O)C1=NNC(=O)CC1)C(=O)O. The third-order valence-electron chi connectivity index (χ3n) is 2.18. The van der Waals surface area contributed by atoms with Crippen LogP contribution >= 0.6 is 0 Å². The highest BCUT2D eigenvalue weighted by Gasteiger charge is 2.23. The maximum Gasteiger partial charge on any atom is 0.326 e. The second kappa shape index (κ2) is 5.24. The van der Waals surface area contributed by atoms with Gasteiger partial charge in [-0.05, 0) is 6.42 Å². The predicted molar refractivity (Wildman–Crippen MR) is 54.7 cm³/mol. The van der Waals surface area contributed by atoms with Gasteiger partial charge in [0, 0.05) is 12.8 Å². The monoisotopic (exact) mass is 227 g/mol. The van der Waals surface area contributed by atoms with Gasteiger partial charge in [0.1, 0.15) is 11.8 Å². The molecule has 0 saturated carbocycles. The number of hydrogen-bond acceptors (Lipinski definition) is 4. The Morgan fingerprint density at radius 3 is 2.69 bits per heavy atom. The molecule has 0 saturated heterocycles. The van der Waals surface area contributed by atoms with E-state index in [9.17, 15) is 14.4 Å². The first kappa shape index (κ1) is 12.2. The Balaban J connectivity index is 2.58. The quantitative estimate of drug-likeness (QED) is 0.586. The van der Waals surface area contributed by atoms with E-state index in [1.807, 2.05) is 0 Å². The Labute approximate surface area is 91.9 Å². The summed E-state index contributed by atoms with van der Waals surface area (Å²) in [6.45, 7) is 1.66. The van der Waals surface area contributed by atoms with Crippen LogP contribution in [0.3, 0.4) is 0 Å². The molecule has 7 nitrogen and oxygen atoms in total. The average Bonchev–Trinajstić information content (AvgIpc) is 2.26. The topological polar surface area (TPSA) is 108 Å². The number of carboxylic acid groups (broad SMARTS) is 1. The minimum atomic E-state index is -1.09. The molecule has 0 aromatic carbocycles. The summed E-state index contributed by atoms with van der Waals surface area (Å²) in [5.74, 6) is -1.88. The van der Waals surface area contributed by atoms with E-state index in [1.165, 1.54) is 0 Å². The molecule has 1 atom stereocenters. The molecular weight excluding hydrogens is 214 g/mol. The van der Waals surface area contributed by atoms with Crippen molar-refractivity contribution in [2.24, 2.45) is 5.10 Å². The molecule has 1 heterocycles. The van der Waals surface area contributed by atoms with Crippen LogP contribution in [0.15, 0.2) is 5.10 Å². The lowest BCUT2D eigenvalue weighted by molar-refractivity contribution is -0.141. The van der Waals surface area contributed by atoms with Crippen LogP contribution in [0, 0.1) is 0 Å². The largest absolute Gasteiger partial charge is 0.480 e. The highest BCUT2D eigenvalue weighted by molar-refractivity contribution is 6.39. The number of hydrogen-bond donors (Lipinski definition) is 3. The number of hydrazone groups is 1. The van der Waals surface area contributed by atoms with Gasteiger partial charge in [-0.1, -0.05) is 6.92 Å². The summed E-state index contributed by atoms with van der Waals surface area (Å²) in [6.07, 6.45) is 0.713. The molecule has 0 bridgehead atoms. The van der Waals surface area contributed by atoms with Crippen molar-refractivity contribution in [2.45, 2.75) is 32.2 Å². The smallest absolute Gasteiger partial charge is 0.326 e. The van der Waals surface area contributed by atoms with Crippen LogP contribution in [0.4, 0.5) is 0 Å². The summed E-state index contributed by atoms with van der Waals surface area (Å²) >= 11 is 0. The standard InChI is InChI=1S/C9H13N3O4/c1-2-5(9(15)16)10-8(14)6-3-4-7(13)12-11-6/h5H,2-4H2,1H3,(H,10,14)(H,12,13)(H,15,16). The molecule has 1 aliphatic heterocycles. The molecule has 2 amide bonds. The third-order valence-corrected chi connectivity index (χ3v) is 2.18. The Morgan fingerprint density at radius 2 is 2.25 bits per heavy atom. The summed E-state index contributed by atoms with van der Waals surface area (Å²) in [7, 11) is 0. The van der Waals surface area contributed by atoms with E-state index in [0.717, 1.165) is 0 Å². The minimum absolute atomic E-state index is 0.152. The lowest BCUT2D eigenvalue weighted by Crippen LogP contribution is -2.45. The first-order valence-electron chi connectivity index (χ1n) is 4.93. The number of carbonyl (C=O) groups is 3. The first-order chi connectivity index (χ1) is 7.54. The Bertz CT molecular complexity index is 351. The average molecular weight is 227 g/mol. The molecule has 0 fully saturated rings. The van der Waals surface area contributed by atoms with Crippen molar-refractivity contribution in [2.75, 3.05) is 0 Å². The van der Waals surface area contributed by atoms with Crippen molar-refractivity contribution in [3.63, 3.8) is 0 Å². The van der Waals surface area contributed by atoms with Crippen molar-refractivity contribution < 1.29 is 19.5 Å². The van der Waals surface area contributed by atoms with E-state index in [4.69, 9.17) is 5.11 Å². The summed E-state index contributed by atoms with van der Waals surface area (Å²) in [6, 6.07) is -0.923. The number of aliphatic carboxylic acids is 1. The second-order valence-electron chi connectivity index (χ2n) is 3.37. The van der Waals surface area contributed by atoms with Crippen molar-refractivity contribution in [3.8, 4) is 0 Å². The van der Waals surface area contributed by atoms with Crippen molar-refractivity contribution in [1.82, 2.24) is 10.7 Å². The Morgan fingerprint density at radius 1 is 1.56 bits per heavy atom. The highest BCUT2D eigenvalue weighted by Crippen LogP contribution is 2.00. The molecule has 0 aromatic heterocycles. The lowest BCUT2D eigenvalue weighted by atomic mass is 10.1. The van der Waals surface area contributed by atoms with Crippen molar-refractivity contribution in [3.05, 3.63) is 0 Å². The Hall–Kier alpha value is -1.92. The molecule has 1 unspecified atom stereocenters. The number of nitrogens with zero attached hydrogens (tertiary/aromatic N) is 1. The molecule has 3 N–H and O–H groups in total. The molecule has 88 valence electrons. The van der Waals surface area contributed by atoms with E-state index < -0.39 is 17.9 Å². The van der Waals surface area contributed by atoms with Crippen LogP contribution < -0.4 is 10.7 Å². The number of amides is 2. The highest BCUT2D eigenvalue weighted by atomic mass is 16.4. The first-order valence-corrected chi connectivity index (χ1v) is 4.93. The number of nitrogens with one attached hydrogen (secondary N) is 2. The predicted octanol–water partition coefficient (Wildman–Crippen LogP) is -0.768. The Kier molecular flexibility index (Phi) is 3.98. The van der Waals surface area contributed by atoms with Gasteiger partial charge in [-0.3, -0.25) is 9.59 Å². The summed E-state index contributed by atoms with van der Waals surface area (Å²) in [4.78, 5) is 33.0. The van der Waals surface area contributed by atoms with Gasteiger partial charge in [-0.2, -0.15) is 5.10 Å². The maximum atomic E-state index is 11.5. The van der Waals surface area contributed by atoms with Crippen LogP contribution in [0.1, 0.15) is 26.2 Å². The maximum absolute atomic E-state index is 11.5. The van der Waals surface area contributed by atoms with E-state index >= 15 is 0 Å². The van der Waals surface area contributed by atoms with Crippen LogP contribution in [-0.4, -0.2) is 34.6 Å². The molecule has 0 aromatic rings. The van der Waals surface area contributed by atoms with Gasteiger partial charge in [0.2, 0.25) is 5.91 Å². The zero-order valence-corrected chi connectivity index (χ0v) is 8.82. The number of rotatable bonds is 4. The zero-order valence-electron chi connectivity index (χ0n) is 8.82. The third kappa shape index (κ3) is 3.04. The summed E-state index contributed by atoms with van der Waals surface area (Å²) in [5, 5.41) is 14.6. The summed E-state index contributed by atoms with van der Waals surface area (Å²) < 4.78 is 0. The fourth-order valence-corrected chi connectivity index (χ4v) is 1.22. The van der Waals surface area contributed by atoms with Gasteiger partial charge < -0.3 is 10.4 Å². The molecule has 0 radical (unpaired) electrons. The zero-order chi connectivity index (χ0) is 12.1. The van der Waals surface area contributed by atoms with Crippen LogP contribution in [0.2, 0.25) is 0 Å². The van der Waals surface area contributed by atoms with Gasteiger partial charge in [0.15, 0.2) is 0 Å². The molecule has 0 spiro atoms. The fraction of sp³-hybridized carbons (Fsp3) is 0.556. The molecular formula is C9H13N3O4. The minimum Gasteiger partial charge on any atom is -0.480 e. The molecule has 0 aliphatic carbocycles. The van der Waals surface area contributed by atoms with Crippen molar-refractivity contribution in [1.29, 1.82) is 0 Å². The normalized spacial score (nSPS) is 17.1. The molecule has 1 rings (SSSR count). The molecule has 1 aliphatic rings. The number of carboxylic acids is 1. The van der Waals surface area contributed by atoms with E-state index in [2.05, 4.69) is 15.8 Å². The van der Waals surface area contributed by atoms with Crippen LogP contribution in [0.25, 0.3) is 0 Å².